The molecule has 0 saturated carbocycles. The quantitative estimate of drug-likeness (QED) is 0.838. The molecule has 0 amide bonds. The Morgan fingerprint density at radius 1 is 1.21 bits per heavy atom. The fourth-order valence-electron chi connectivity index (χ4n) is 2.08. The predicted octanol–water partition coefficient (Wildman–Crippen LogP) is 3.22. The lowest BCUT2D eigenvalue weighted by Crippen LogP contribution is -2.11. The van der Waals surface area contributed by atoms with E-state index >= 15 is 0 Å². The van der Waals surface area contributed by atoms with Gasteiger partial charge in [0.15, 0.2) is 0 Å². The molecule has 0 aliphatic carbocycles. The van der Waals surface area contributed by atoms with Crippen molar-refractivity contribution in [2.75, 3.05) is 6.61 Å². The van der Waals surface area contributed by atoms with Gasteiger partial charge in [-0.2, -0.15) is 0 Å². The standard InChI is InChI=1S/C16H18O3/c1-2-10-19-16(18)11-15(17)14-9-5-7-12-6-3-4-8-13(12)14/h3-9,15,17H,2,10-11H2,1H3. The number of ether oxygens (including phenoxy) is 1. The second-order valence-electron chi connectivity index (χ2n) is 4.51. The molecule has 100 valence electrons. The molecule has 0 saturated heterocycles. The third-order valence-electron chi connectivity index (χ3n) is 3.01. The molecule has 3 heteroatoms. The number of fused-ring (bicyclic) bond motifs is 1. The molecular weight excluding hydrogens is 240 g/mol. The molecule has 0 aliphatic rings. The number of rotatable bonds is 5. The monoisotopic (exact) mass is 258 g/mol. The number of benzene rings is 2. The normalized spacial score (nSPS) is 12.3. The topological polar surface area (TPSA) is 46.5 Å². The van der Waals surface area contributed by atoms with Crippen LogP contribution in [0.15, 0.2) is 42.5 Å². The summed E-state index contributed by atoms with van der Waals surface area (Å²) in [7, 11) is 0. The second-order valence-corrected chi connectivity index (χ2v) is 4.51. The maximum atomic E-state index is 11.5. The summed E-state index contributed by atoms with van der Waals surface area (Å²) in [5.74, 6) is -0.359. The highest BCUT2D eigenvalue weighted by Crippen LogP contribution is 2.26. The first kappa shape index (κ1) is 13.6. The zero-order valence-electron chi connectivity index (χ0n) is 11.0. The first-order valence-corrected chi connectivity index (χ1v) is 6.53. The molecule has 2 rings (SSSR count). The molecule has 0 heterocycles. The van der Waals surface area contributed by atoms with Crippen LogP contribution in [0.25, 0.3) is 10.8 Å². The Morgan fingerprint density at radius 3 is 2.74 bits per heavy atom. The van der Waals surface area contributed by atoms with E-state index in [9.17, 15) is 9.90 Å². The smallest absolute Gasteiger partial charge is 0.308 e. The van der Waals surface area contributed by atoms with Crippen LogP contribution in [-0.2, 0) is 9.53 Å². The molecule has 3 nitrogen and oxygen atoms in total. The van der Waals surface area contributed by atoms with E-state index in [1.807, 2.05) is 49.4 Å². The van der Waals surface area contributed by atoms with E-state index in [-0.39, 0.29) is 12.4 Å². The molecule has 2 aromatic rings. The van der Waals surface area contributed by atoms with Crippen molar-refractivity contribution in [3.8, 4) is 0 Å². The highest BCUT2D eigenvalue weighted by atomic mass is 16.5. The average Bonchev–Trinajstić information content (AvgIpc) is 2.44. The molecule has 0 aromatic heterocycles. The summed E-state index contributed by atoms with van der Waals surface area (Å²) < 4.78 is 5.00. The number of aliphatic hydroxyl groups excluding tert-OH is 1. The molecule has 1 N–H and O–H groups in total. The summed E-state index contributed by atoms with van der Waals surface area (Å²) >= 11 is 0. The van der Waals surface area contributed by atoms with Crippen molar-refractivity contribution in [3.63, 3.8) is 0 Å². The van der Waals surface area contributed by atoms with Crippen molar-refractivity contribution in [1.29, 1.82) is 0 Å². The summed E-state index contributed by atoms with van der Waals surface area (Å²) in [4.78, 5) is 11.5. The van der Waals surface area contributed by atoms with Crippen molar-refractivity contribution in [1.82, 2.24) is 0 Å². The van der Waals surface area contributed by atoms with E-state index in [0.717, 1.165) is 22.8 Å². The lowest BCUT2D eigenvalue weighted by Gasteiger charge is -2.13. The summed E-state index contributed by atoms with van der Waals surface area (Å²) in [6.45, 7) is 2.34. The minimum Gasteiger partial charge on any atom is -0.466 e. The number of aliphatic hydroxyl groups is 1. The van der Waals surface area contributed by atoms with Crippen LogP contribution in [0.4, 0.5) is 0 Å². The maximum absolute atomic E-state index is 11.5. The largest absolute Gasteiger partial charge is 0.466 e. The van der Waals surface area contributed by atoms with Gasteiger partial charge in [0.05, 0.1) is 19.1 Å². The van der Waals surface area contributed by atoms with Crippen LogP contribution in [0.1, 0.15) is 31.4 Å². The molecule has 0 spiro atoms. The minimum atomic E-state index is -0.824. The van der Waals surface area contributed by atoms with Gasteiger partial charge in [0.2, 0.25) is 0 Å². The minimum absolute atomic E-state index is 0.00594. The number of carbonyl (C=O) groups excluding carboxylic acids is 1. The number of esters is 1. The highest BCUT2D eigenvalue weighted by molar-refractivity contribution is 5.86. The Labute approximate surface area is 112 Å². The number of carbonyl (C=O) groups is 1. The summed E-state index contributed by atoms with van der Waals surface area (Å²) in [6, 6.07) is 13.5. The van der Waals surface area contributed by atoms with E-state index in [0.29, 0.717) is 6.61 Å². The number of hydrogen-bond donors (Lipinski definition) is 1. The van der Waals surface area contributed by atoms with Gasteiger partial charge in [-0.3, -0.25) is 4.79 Å². The van der Waals surface area contributed by atoms with Gasteiger partial charge in [-0.05, 0) is 22.8 Å². The highest BCUT2D eigenvalue weighted by Gasteiger charge is 2.16. The predicted molar refractivity (Wildman–Crippen MR) is 74.8 cm³/mol. The van der Waals surface area contributed by atoms with Crippen molar-refractivity contribution < 1.29 is 14.6 Å². The van der Waals surface area contributed by atoms with Crippen molar-refractivity contribution in [2.45, 2.75) is 25.9 Å². The van der Waals surface area contributed by atoms with E-state index in [1.165, 1.54) is 0 Å². The van der Waals surface area contributed by atoms with Crippen LogP contribution < -0.4 is 0 Å². The van der Waals surface area contributed by atoms with Crippen molar-refractivity contribution in [2.24, 2.45) is 0 Å². The van der Waals surface area contributed by atoms with Gasteiger partial charge >= 0.3 is 5.97 Å². The van der Waals surface area contributed by atoms with Gasteiger partial charge < -0.3 is 9.84 Å². The maximum Gasteiger partial charge on any atom is 0.308 e. The van der Waals surface area contributed by atoms with Crippen LogP contribution in [0, 0.1) is 0 Å². The van der Waals surface area contributed by atoms with Crippen LogP contribution in [0.3, 0.4) is 0 Å². The molecule has 1 unspecified atom stereocenters. The fraction of sp³-hybridized carbons (Fsp3) is 0.312. The van der Waals surface area contributed by atoms with Gasteiger partial charge in [0.1, 0.15) is 0 Å². The van der Waals surface area contributed by atoms with E-state index in [2.05, 4.69) is 0 Å². The van der Waals surface area contributed by atoms with Gasteiger partial charge in [0, 0.05) is 0 Å². The SMILES string of the molecule is CCCOC(=O)CC(O)c1cccc2ccccc12. The Hall–Kier alpha value is -1.87. The van der Waals surface area contributed by atoms with Gasteiger partial charge in [-0.15, -0.1) is 0 Å². The van der Waals surface area contributed by atoms with Crippen molar-refractivity contribution in [3.05, 3.63) is 48.0 Å². The van der Waals surface area contributed by atoms with Gasteiger partial charge in [-0.1, -0.05) is 49.4 Å². The van der Waals surface area contributed by atoms with E-state index in [1.54, 1.807) is 0 Å². The molecule has 1 atom stereocenters. The second kappa shape index (κ2) is 6.34. The Balaban J connectivity index is 2.17. The third kappa shape index (κ3) is 3.32. The zero-order valence-corrected chi connectivity index (χ0v) is 11.0. The van der Waals surface area contributed by atoms with E-state index < -0.39 is 6.10 Å². The first-order chi connectivity index (χ1) is 9.22. The fourth-order valence-corrected chi connectivity index (χ4v) is 2.08. The Kier molecular flexibility index (Phi) is 4.53. The molecule has 0 aliphatic heterocycles. The molecular formula is C16H18O3. The first-order valence-electron chi connectivity index (χ1n) is 6.53. The van der Waals surface area contributed by atoms with Gasteiger partial charge in [0.25, 0.3) is 0 Å². The number of hydrogen-bond acceptors (Lipinski definition) is 3. The van der Waals surface area contributed by atoms with Crippen LogP contribution in [0.5, 0.6) is 0 Å². The lowest BCUT2D eigenvalue weighted by atomic mass is 9.99. The summed E-state index contributed by atoms with van der Waals surface area (Å²) in [5, 5.41) is 12.2. The Bertz CT molecular complexity index is 557. The molecule has 0 radical (unpaired) electrons. The summed E-state index contributed by atoms with van der Waals surface area (Å²) in [5.41, 5.74) is 0.770. The van der Waals surface area contributed by atoms with Crippen LogP contribution in [0.2, 0.25) is 0 Å². The van der Waals surface area contributed by atoms with Gasteiger partial charge in [-0.25, -0.2) is 0 Å². The average molecular weight is 258 g/mol. The lowest BCUT2D eigenvalue weighted by molar-refractivity contribution is -0.145. The zero-order chi connectivity index (χ0) is 13.7. The van der Waals surface area contributed by atoms with Crippen LogP contribution >= 0.6 is 0 Å². The van der Waals surface area contributed by atoms with Crippen molar-refractivity contribution >= 4 is 16.7 Å². The molecule has 0 bridgehead atoms. The third-order valence-corrected chi connectivity index (χ3v) is 3.01. The summed E-state index contributed by atoms with van der Waals surface area (Å²) in [6.07, 6.45) is -0.0418. The molecule has 19 heavy (non-hydrogen) atoms. The Morgan fingerprint density at radius 2 is 1.95 bits per heavy atom. The molecule has 0 fully saturated rings. The van der Waals surface area contributed by atoms with Crippen LogP contribution in [-0.4, -0.2) is 17.7 Å². The molecule has 2 aromatic carbocycles. The van der Waals surface area contributed by atoms with E-state index in [4.69, 9.17) is 4.74 Å².